The Bertz CT molecular complexity index is 60.8. The molecule has 0 bridgehead atoms. The van der Waals surface area contributed by atoms with Gasteiger partial charge in [0.2, 0.25) is 0 Å². The van der Waals surface area contributed by atoms with Crippen molar-refractivity contribution in [3.05, 3.63) is 0 Å². The van der Waals surface area contributed by atoms with Gasteiger partial charge in [0.15, 0.2) is 0 Å². The molecule has 0 saturated carbocycles. The summed E-state index contributed by atoms with van der Waals surface area (Å²) >= 11 is 3.23. The zero-order chi connectivity index (χ0) is 4.99. The Morgan fingerprint density at radius 3 is 2.50 bits per heavy atom. The fraction of sp³-hybridized carbons (Fsp3) is 0.600. The summed E-state index contributed by atoms with van der Waals surface area (Å²) < 4.78 is 0. The van der Waals surface area contributed by atoms with Gasteiger partial charge in [-0.3, -0.25) is 0 Å². The first-order chi connectivity index (χ1) is 2.81. The first kappa shape index (κ1) is 6.04. The Hall–Kier alpha value is 0.0400. The molecule has 0 aliphatic heterocycles. The first-order valence-electron chi connectivity index (χ1n) is 1.83. The summed E-state index contributed by atoms with van der Waals surface area (Å²) in [6.07, 6.45) is 5.00. The van der Waals surface area contributed by atoms with E-state index in [-0.39, 0.29) is 0 Å². The summed E-state index contributed by atoms with van der Waals surface area (Å²) in [5, 5.41) is 0.906. The lowest BCUT2D eigenvalue weighted by molar-refractivity contribution is 0.892. The molecular formula is C5H7Br. The van der Waals surface area contributed by atoms with Gasteiger partial charge in [-0.2, -0.15) is 0 Å². The van der Waals surface area contributed by atoms with Crippen LogP contribution in [0.5, 0.6) is 0 Å². The van der Waals surface area contributed by atoms with E-state index in [0.29, 0.717) is 5.92 Å². The molecule has 0 spiro atoms. The van der Waals surface area contributed by atoms with E-state index >= 15 is 0 Å². The summed E-state index contributed by atoms with van der Waals surface area (Å²) in [6.45, 7) is 1.99. The van der Waals surface area contributed by atoms with Gasteiger partial charge in [0.25, 0.3) is 0 Å². The quantitative estimate of drug-likeness (QED) is 0.390. The Balaban J connectivity index is 3.04. The molecule has 0 heterocycles. The van der Waals surface area contributed by atoms with Crippen molar-refractivity contribution in [1.29, 1.82) is 0 Å². The van der Waals surface area contributed by atoms with Gasteiger partial charge >= 0.3 is 0 Å². The van der Waals surface area contributed by atoms with Crippen LogP contribution in [-0.4, -0.2) is 5.33 Å². The predicted octanol–water partition coefficient (Wildman–Crippen LogP) is 1.65. The van der Waals surface area contributed by atoms with Crippen molar-refractivity contribution in [3.8, 4) is 12.3 Å². The average Bonchev–Trinajstić information content (AvgIpc) is 1.65. The van der Waals surface area contributed by atoms with Crippen LogP contribution in [0.3, 0.4) is 0 Å². The highest BCUT2D eigenvalue weighted by molar-refractivity contribution is 9.09. The molecule has 0 fully saturated rings. The van der Waals surface area contributed by atoms with Crippen LogP contribution in [0, 0.1) is 18.3 Å². The molecule has 0 amide bonds. The van der Waals surface area contributed by atoms with Crippen molar-refractivity contribution in [1.82, 2.24) is 0 Å². The lowest BCUT2D eigenvalue weighted by atomic mass is 10.2. The van der Waals surface area contributed by atoms with Crippen LogP contribution in [0.1, 0.15) is 6.92 Å². The smallest absolute Gasteiger partial charge is 0.0268 e. The van der Waals surface area contributed by atoms with Gasteiger partial charge < -0.3 is 0 Å². The second kappa shape index (κ2) is 3.24. The highest BCUT2D eigenvalue weighted by atomic mass is 79.9. The molecule has 1 atom stereocenters. The predicted molar refractivity (Wildman–Crippen MR) is 31.8 cm³/mol. The molecule has 0 aromatic heterocycles. The van der Waals surface area contributed by atoms with Crippen LogP contribution >= 0.6 is 15.9 Å². The maximum Gasteiger partial charge on any atom is 0.0268 e. The third-order valence-electron chi connectivity index (χ3n) is 0.516. The van der Waals surface area contributed by atoms with E-state index < -0.39 is 0 Å². The molecule has 0 aromatic carbocycles. The van der Waals surface area contributed by atoms with E-state index in [0.717, 1.165) is 5.33 Å². The minimum Gasteiger partial charge on any atom is -0.120 e. The van der Waals surface area contributed by atoms with Gasteiger partial charge in [-0.15, -0.1) is 12.3 Å². The molecule has 6 heavy (non-hydrogen) atoms. The van der Waals surface area contributed by atoms with E-state index in [1.54, 1.807) is 0 Å². The largest absolute Gasteiger partial charge is 0.120 e. The second-order valence-electron chi connectivity index (χ2n) is 1.22. The molecular weight excluding hydrogens is 140 g/mol. The fourth-order valence-electron chi connectivity index (χ4n) is 0.0445. The number of alkyl halides is 1. The summed E-state index contributed by atoms with van der Waals surface area (Å²) in [4.78, 5) is 0. The van der Waals surface area contributed by atoms with E-state index in [9.17, 15) is 0 Å². The van der Waals surface area contributed by atoms with E-state index in [2.05, 4.69) is 21.9 Å². The van der Waals surface area contributed by atoms with Crippen molar-refractivity contribution in [3.63, 3.8) is 0 Å². The minimum absolute atomic E-state index is 0.380. The highest BCUT2D eigenvalue weighted by Crippen LogP contribution is 1.94. The Morgan fingerprint density at radius 2 is 2.50 bits per heavy atom. The monoisotopic (exact) mass is 146 g/mol. The molecule has 0 aliphatic carbocycles. The number of hydrogen-bond donors (Lipinski definition) is 0. The topological polar surface area (TPSA) is 0 Å². The van der Waals surface area contributed by atoms with Crippen molar-refractivity contribution in [2.75, 3.05) is 5.33 Å². The maximum atomic E-state index is 5.00. The molecule has 0 rings (SSSR count). The molecule has 1 unspecified atom stereocenters. The summed E-state index contributed by atoms with van der Waals surface area (Å²) in [6, 6.07) is 0. The van der Waals surface area contributed by atoms with Crippen molar-refractivity contribution >= 4 is 15.9 Å². The average molecular weight is 147 g/mol. The zero-order valence-corrected chi connectivity index (χ0v) is 5.33. The SMILES string of the molecule is C#CC(C)CBr. The standard InChI is InChI=1S/C5H7Br/c1-3-5(2)4-6/h1,5H,4H2,2H3. The number of hydrogen-bond acceptors (Lipinski definition) is 0. The van der Waals surface area contributed by atoms with Crippen molar-refractivity contribution in [2.24, 2.45) is 5.92 Å². The van der Waals surface area contributed by atoms with Gasteiger partial charge in [0.1, 0.15) is 0 Å². The second-order valence-corrected chi connectivity index (χ2v) is 1.87. The fourth-order valence-corrected chi connectivity index (χ4v) is 0.231. The van der Waals surface area contributed by atoms with E-state index in [1.807, 2.05) is 6.92 Å². The van der Waals surface area contributed by atoms with E-state index in [1.165, 1.54) is 0 Å². The Kier molecular flexibility index (Phi) is 3.26. The van der Waals surface area contributed by atoms with Gasteiger partial charge in [-0.05, 0) is 0 Å². The van der Waals surface area contributed by atoms with Crippen LogP contribution in [-0.2, 0) is 0 Å². The van der Waals surface area contributed by atoms with Crippen molar-refractivity contribution in [2.45, 2.75) is 6.92 Å². The number of halogens is 1. The van der Waals surface area contributed by atoms with Gasteiger partial charge in [-0.1, -0.05) is 22.9 Å². The van der Waals surface area contributed by atoms with Crippen LogP contribution in [0.25, 0.3) is 0 Å². The molecule has 1 heteroatoms. The molecule has 34 valence electrons. The van der Waals surface area contributed by atoms with Crippen LogP contribution < -0.4 is 0 Å². The number of terminal acetylenes is 1. The number of rotatable bonds is 1. The molecule has 0 aliphatic rings. The molecule has 0 N–H and O–H groups in total. The first-order valence-corrected chi connectivity index (χ1v) is 2.95. The zero-order valence-electron chi connectivity index (χ0n) is 3.74. The summed E-state index contributed by atoms with van der Waals surface area (Å²) in [5.41, 5.74) is 0. The minimum atomic E-state index is 0.380. The third kappa shape index (κ3) is 2.29. The maximum absolute atomic E-state index is 5.00. The molecule has 0 saturated heterocycles. The summed E-state index contributed by atoms with van der Waals surface area (Å²) in [5.74, 6) is 2.95. The third-order valence-corrected chi connectivity index (χ3v) is 1.49. The normalized spacial score (nSPS) is 12.8. The molecule has 0 nitrogen and oxygen atoms in total. The van der Waals surface area contributed by atoms with Crippen LogP contribution in [0.4, 0.5) is 0 Å². The highest BCUT2D eigenvalue weighted by Gasteiger charge is 1.86. The van der Waals surface area contributed by atoms with Gasteiger partial charge in [-0.25, -0.2) is 0 Å². The van der Waals surface area contributed by atoms with Crippen molar-refractivity contribution < 1.29 is 0 Å². The molecule has 0 radical (unpaired) electrons. The van der Waals surface area contributed by atoms with Crippen LogP contribution in [0.2, 0.25) is 0 Å². The van der Waals surface area contributed by atoms with Gasteiger partial charge in [0.05, 0.1) is 0 Å². The van der Waals surface area contributed by atoms with Gasteiger partial charge in [0, 0.05) is 11.2 Å². The lowest BCUT2D eigenvalue weighted by Gasteiger charge is -1.89. The summed E-state index contributed by atoms with van der Waals surface area (Å²) in [7, 11) is 0. The lowest BCUT2D eigenvalue weighted by Crippen LogP contribution is -1.86. The van der Waals surface area contributed by atoms with Crippen LogP contribution in [0.15, 0.2) is 0 Å². The Morgan fingerprint density at radius 1 is 2.00 bits per heavy atom. The van der Waals surface area contributed by atoms with E-state index in [4.69, 9.17) is 6.42 Å². The molecule has 0 aromatic rings. The Labute approximate surface area is 47.1 Å².